The van der Waals surface area contributed by atoms with Gasteiger partial charge in [0, 0.05) is 20.0 Å². The Bertz CT molecular complexity index is 599. The van der Waals surface area contributed by atoms with Gasteiger partial charge in [0.25, 0.3) is 0 Å². The minimum atomic E-state index is -0.276. The second-order valence-electron chi connectivity index (χ2n) is 4.05. The second-order valence-corrected chi connectivity index (χ2v) is 5.65. The van der Waals surface area contributed by atoms with E-state index in [0.717, 1.165) is 9.26 Å². The van der Waals surface area contributed by atoms with Crippen LogP contribution in [-0.2, 0) is 0 Å². The Morgan fingerprint density at radius 2 is 1.63 bits per heavy atom. The van der Waals surface area contributed by atoms with Crippen LogP contribution in [0.25, 0.3) is 0 Å². The average molecular weight is 387 g/mol. The number of hydrogen-bond acceptors (Lipinski definition) is 1. The lowest BCUT2D eigenvalue weighted by molar-refractivity contribution is 0.262. The Kier molecular flexibility index (Phi) is 4.66. The van der Waals surface area contributed by atoms with E-state index in [1.54, 1.807) is 24.3 Å². The highest BCUT2D eigenvalue weighted by molar-refractivity contribution is 14.1. The normalized spacial score (nSPS) is 10.1. The Hall–Kier alpha value is -1.27. The van der Waals surface area contributed by atoms with Crippen LogP contribution >= 0.6 is 34.2 Å². The third kappa shape index (κ3) is 4.11. The lowest BCUT2D eigenvalue weighted by atomic mass is 10.2. The lowest BCUT2D eigenvalue weighted by Gasteiger charge is -2.08. The van der Waals surface area contributed by atoms with Gasteiger partial charge in [-0.15, -0.1) is 0 Å². The van der Waals surface area contributed by atoms with Gasteiger partial charge < -0.3 is 10.6 Å². The van der Waals surface area contributed by atoms with Gasteiger partial charge in [0.1, 0.15) is 0 Å². The predicted octanol–water partition coefficient (Wildman–Crippen LogP) is 4.90. The molecule has 2 rings (SSSR count). The Morgan fingerprint density at radius 3 is 2.26 bits per heavy atom. The van der Waals surface area contributed by atoms with Crippen LogP contribution in [0.3, 0.4) is 0 Å². The van der Waals surface area contributed by atoms with Gasteiger partial charge in [-0.1, -0.05) is 17.7 Å². The first kappa shape index (κ1) is 14.1. The van der Waals surface area contributed by atoms with Crippen molar-refractivity contribution >= 4 is 51.6 Å². The fourth-order valence-corrected chi connectivity index (χ4v) is 2.14. The summed E-state index contributed by atoms with van der Waals surface area (Å²) in [6, 6.07) is 12.5. The SMILES string of the molecule is Cc1ccc(NC(=O)Nc2ccc(Cl)cc2)cc1I. The average Bonchev–Trinajstić information content (AvgIpc) is 2.37. The minimum Gasteiger partial charge on any atom is -0.308 e. The van der Waals surface area contributed by atoms with E-state index in [4.69, 9.17) is 11.6 Å². The molecule has 5 heteroatoms. The van der Waals surface area contributed by atoms with Crippen molar-refractivity contribution in [1.82, 2.24) is 0 Å². The quantitative estimate of drug-likeness (QED) is 0.708. The van der Waals surface area contributed by atoms with Gasteiger partial charge in [-0.3, -0.25) is 0 Å². The molecule has 0 unspecified atom stereocenters. The molecule has 2 aromatic rings. The first-order valence-electron chi connectivity index (χ1n) is 5.64. The van der Waals surface area contributed by atoms with Crippen LogP contribution in [0.15, 0.2) is 42.5 Å². The number of hydrogen-bond donors (Lipinski definition) is 2. The van der Waals surface area contributed by atoms with E-state index in [9.17, 15) is 4.79 Å². The van der Waals surface area contributed by atoms with Crippen LogP contribution in [-0.4, -0.2) is 6.03 Å². The van der Waals surface area contributed by atoms with Gasteiger partial charge >= 0.3 is 6.03 Å². The summed E-state index contributed by atoms with van der Waals surface area (Å²) >= 11 is 8.02. The summed E-state index contributed by atoms with van der Waals surface area (Å²) in [6.07, 6.45) is 0. The van der Waals surface area contributed by atoms with Crippen molar-refractivity contribution < 1.29 is 4.79 Å². The van der Waals surface area contributed by atoms with Gasteiger partial charge in [-0.2, -0.15) is 0 Å². The van der Waals surface area contributed by atoms with E-state index in [-0.39, 0.29) is 6.03 Å². The van der Waals surface area contributed by atoms with E-state index in [1.807, 2.05) is 25.1 Å². The summed E-state index contributed by atoms with van der Waals surface area (Å²) < 4.78 is 1.11. The van der Waals surface area contributed by atoms with Crippen LogP contribution in [0.4, 0.5) is 16.2 Å². The standard InChI is InChI=1S/C14H12ClIN2O/c1-9-2-5-12(8-13(9)16)18-14(19)17-11-6-3-10(15)4-7-11/h2-8H,1H3,(H2,17,18,19). The van der Waals surface area contributed by atoms with Gasteiger partial charge in [-0.25, -0.2) is 4.79 Å². The third-order valence-electron chi connectivity index (χ3n) is 2.53. The molecule has 0 fully saturated rings. The maximum atomic E-state index is 11.8. The lowest BCUT2D eigenvalue weighted by Crippen LogP contribution is -2.19. The van der Waals surface area contributed by atoms with Crippen molar-refractivity contribution in [2.45, 2.75) is 6.92 Å². The molecule has 0 spiro atoms. The Morgan fingerprint density at radius 1 is 1.05 bits per heavy atom. The minimum absolute atomic E-state index is 0.276. The number of carbonyl (C=O) groups is 1. The van der Waals surface area contributed by atoms with Gasteiger partial charge in [0.15, 0.2) is 0 Å². The van der Waals surface area contributed by atoms with Crippen LogP contribution in [0, 0.1) is 10.5 Å². The Balaban J connectivity index is 2.01. The van der Waals surface area contributed by atoms with E-state index < -0.39 is 0 Å². The first-order chi connectivity index (χ1) is 9.04. The zero-order valence-corrected chi connectivity index (χ0v) is 13.1. The fraction of sp³-hybridized carbons (Fsp3) is 0.0714. The molecule has 0 radical (unpaired) electrons. The largest absolute Gasteiger partial charge is 0.323 e. The molecule has 3 nitrogen and oxygen atoms in total. The smallest absolute Gasteiger partial charge is 0.308 e. The number of carbonyl (C=O) groups excluding carboxylic acids is 1. The van der Waals surface area contributed by atoms with Crippen LogP contribution in [0.2, 0.25) is 5.02 Å². The number of benzene rings is 2. The highest BCUT2D eigenvalue weighted by Gasteiger charge is 2.04. The molecule has 0 saturated carbocycles. The molecule has 19 heavy (non-hydrogen) atoms. The van der Waals surface area contributed by atoms with Crippen molar-refractivity contribution in [2.24, 2.45) is 0 Å². The fourth-order valence-electron chi connectivity index (χ4n) is 1.50. The highest BCUT2D eigenvalue weighted by Crippen LogP contribution is 2.18. The number of anilines is 2. The summed E-state index contributed by atoms with van der Waals surface area (Å²) in [7, 11) is 0. The second kappa shape index (κ2) is 6.25. The van der Waals surface area contributed by atoms with Gasteiger partial charge in [-0.05, 0) is 71.5 Å². The molecule has 0 aliphatic rings. The molecule has 0 heterocycles. The van der Waals surface area contributed by atoms with Crippen LogP contribution in [0.1, 0.15) is 5.56 Å². The van der Waals surface area contributed by atoms with E-state index in [0.29, 0.717) is 10.7 Å². The number of urea groups is 1. The van der Waals surface area contributed by atoms with Crippen molar-refractivity contribution in [3.63, 3.8) is 0 Å². The molecule has 0 bridgehead atoms. The zero-order chi connectivity index (χ0) is 13.8. The molecule has 2 amide bonds. The number of aryl methyl sites for hydroxylation is 1. The molecule has 0 atom stereocenters. The first-order valence-corrected chi connectivity index (χ1v) is 7.10. The third-order valence-corrected chi connectivity index (χ3v) is 3.95. The van der Waals surface area contributed by atoms with Gasteiger partial charge in [0.2, 0.25) is 0 Å². The number of amides is 2. The molecule has 0 aliphatic heterocycles. The zero-order valence-electron chi connectivity index (χ0n) is 10.2. The van der Waals surface area contributed by atoms with Crippen molar-refractivity contribution in [1.29, 1.82) is 0 Å². The number of halogens is 2. The molecular weight excluding hydrogens is 375 g/mol. The summed E-state index contributed by atoms with van der Waals surface area (Å²) in [5, 5.41) is 6.16. The molecule has 0 saturated heterocycles. The van der Waals surface area contributed by atoms with E-state index >= 15 is 0 Å². The van der Waals surface area contributed by atoms with Crippen molar-refractivity contribution in [3.8, 4) is 0 Å². The summed E-state index contributed by atoms with van der Waals surface area (Å²) in [6.45, 7) is 2.03. The maximum absolute atomic E-state index is 11.8. The maximum Gasteiger partial charge on any atom is 0.323 e. The highest BCUT2D eigenvalue weighted by atomic mass is 127. The topological polar surface area (TPSA) is 41.1 Å². The van der Waals surface area contributed by atoms with Crippen molar-refractivity contribution in [2.75, 3.05) is 10.6 Å². The number of nitrogens with one attached hydrogen (secondary N) is 2. The van der Waals surface area contributed by atoms with Gasteiger partial charge in [0.05, 0.1) is 0 Å². The molecule has 0 aliphatic carbocycles. The molecule has 98 valence electrons. The molecule has 0 aromatic heterocycles. The Labute approximate surface area is 130 Å². The molecular formula is C14H12ClIN2O. The molecule has 2 aromatic carbocycles. The number of rotatable bonds is 2. The van der Waals surface area contributed by atoms with E-state index in [1.165, 1.54) is 5.56 Å². The predicted molar refractivity (Wildman–Crippen MR) is 88.0 cm³/mol. The van der Waals surface area contributed by atoms with Crippen molar-refractivity contribution in [3.05, 3.63) is 56.6 Å². The molecule has 2 N–H and O–H groups in total. The van der Waals surface area contributed by atoms with Crippen LogP contribution < -0.4 is 10.6 Å². The van der Waals surface area contributed by atoms with E-state index in [2.05, 4.69) is 33.2 Å². The summed E-state index contributed by atoms with van der Waals surface area (Å²) in [5.74, 6) is 0. The summed E-state index contributed by atoms with van der Waals surface area (Å²) in [4.78, 5) is 11.8. The monoisotopic (exact) mass is 386 g/mol. The summed E-state index contributed by atoms with van der Waals surface area (Å²) in [5.41, 5.74) is 2.65. The van der Waals surface area contributed by atoms with Crippen LogP contribution in [0.5, 0.6) is 0 Å².